The molecule has 19 heavy (non-hydrogen) atoms. The average molecular weight is 284 g/mol. The van der Waals surface area contributed by atoms with Crippen LogP contribution >= 0.6 is 11.6 Å². The average Bonchev–Trinajstić information content (AvgIpc) is 2.38. The first-order valence-corrected chi connectivity index (χ1v) is 6.34. The minimum absolute atomic E-state index is 0.236. The molecule has 2 rings (SSSR count). The molecule has 1 aromatic carbocycles. The number of rotatable bonds is 2. The summed E-state index contributed by atoms with van der Waals surface area (Å²) in [5.41, 5.74) is 0.776. The summed E-state index contributed by atoms with van der Waals surface area (Å²) in [6.07, 6.45) is -0.376. The second-order valence-corrected chi connectivity index (χ2v) is 5.04. The molecule has 5 nitrogen and oxygen atoms in total. The molecule has 6 heteroatoms. The van der Waals surface area contributed by atoms with Crippen molar-refractivity contribution in [2.45, 2.75) is 18.9 Å². The maximum Gasteiger partial charge on any atom is 0.407 e. The molecule has 1 aromatic rings. The largest absolute Gasteiger partial charge is 0.481 e. The van der Waals surface area contributed by atoms with Crippen LogP contribution in [-0.2, 0) is 4.79 Å². The summed E-state index contributed by atoms with van der Waals surface area (Å²) in [5.74, 6) is -1.37. The number of aliphatic carboxylic acids is 1. The Morgan fingerprint density at radius 3 is 2.37 bits per heavy atom. The Bertz CT molecular complexity index is 488. The minimum atomic E-state index is -1.02. The maximum atomic E-state index is 11.2. The SMILES string of the molecule is O=C(O)C1CCN(C(=O)O)C(c2ccc(Cl)cc2)C1. The summed E-state index contributed by atoms with van der Waals surface area (Å²) in [6, 6.07) is 6.42. The van der Waals surface area contributed by atoms with Crippen molar-refractivity contribution in [3.8, 4) is 0 Å². The summed E-state index contributed by atoms with van der Waals surface area (Å²) in [5, 5.41) is 18.9. The van der Waals surface area contributed by atoms with Gasteiger partial charge < -0.3 is 15.1 Å². The first kappa shape index (κ1) is 13.7. The van der Waals surface area contributed by atoms with E-state index in [0.29, 0.717) is 17.9 Å². The van der Waals surface area contributed by atoms with E-state index in [0.717, 1.165) is 5.56 Å². The third-order valence-corrected chi connectivity index (χ3v) is 3.70. The van der Waals surface area contributed by atoms with Gasteiger partial charge in [0.2, 0.25) is 0 Å². The van der Waals surface area contributed by atoms with E-state index < -0.39 is 24.0 Å². The second kappa shape index (κ2) is 5.48. The number of piperidine rings is 1. The van der Waals surface area contributed by atoms with Crippen LogP contribution in [0.2, 0.25) is 5.02 Å². The van der Waals surface area contributed by atoms with Crippen molar-refractivity contribution in [3.63, 3.8) is 0 Å². The number of carbonyl (C=O) groups is 2. The van der Waals surface area contributed by atoms with Gasteiger partial charge in [-0.25, -0.2) is 4.79 Å². The molecule has 1 aliphatic rings. The van der Waals surface area contributed by atoms with Crippen LogP contribution in [0.3, 0.4) is 0 Å². The van der Waals surface area contributed by atoms with E-state index in [1.165, 1.54) is 4.90 Å². The molecule has 2 N–H and O–H groups in total. The fourth-order valence-corrected chi connectivity index (χ4v) is 2.55. The van der Waals surface area contributed by atoms with Crippen LogP contribution < -0.4 is 0 Å². The standard InChI is InChI=1S/C13H14ClNO4/c14-10-3-1-8(2-4-10)11-7-9(12(16)17)5-6-15(11)13(18)19/h1-4,9,11H,5-7H2,(H,16,17)(H,18,19). The van der Waals surface area contributed by atoms with Gasteiger partial charge in [0, 0.05) is 11.6 Å². The predicted octanol–water partition coefficient (Wildman–Crippen LogP) is 2.86. The van der Waals surface area contributed by atoms with E-state index >= 15 is 0 Å². The monoisotopic (exact) mass is 283 g/mol. The predicted molar refractivity (Wildman–Crippen MR) is 69.3 cm³/mol. The molecule has 1 fully saturated rings. The van der Waals surface area contributed by atoms with Gasteiger partial charge in [0.15, 0.2) is 0 Å². The molecule has 0 saturated carbocycles. The van der Waals surface area contributed by atoms with Gasteiger partial charge in [-0.2, -0.15) is 0 Å². The van der Waals surface area contributed by atoms with Gasteiger partial charge in [-0.3, -0.25) is 4.79 Å². The van der Waals surface area contributed by atoms with Gasteiger partial charge in [0.25, 0.3) is 0 Å². The van der Waals surface area contributed by atoms with Gasteiger partial charge in [-0.05, 0) is 30.5 Å². The molecule has 1 amide bonds. The van der Waals surface area contributed by atoms with Crippen LogP contribution in [0.5, 0.6) is 0 Å². The molecular formula is C13H14ClNO4. The van der Waals surface area contributed by atoms with Crippen molar-refractivity contribution in [2.75, 3.05) is 6.54 Å². The lowest BCUT2D eigenvalue weighted by molar-refractivity contribution is -0.144. The van der Waals surface area contributed by atoms with E-state index in [1.54, 1.807) is 24.3 Å². The van der Waals surface area contributed by atoms with Crippen LogP contribution in [0.15, 0.2) is 24.3 Å². The number of carboxylic acids is 1. The van der Waals surface area contributed by atoms with Crippen LogP contribution in [0.4, 0.5) is 4.79 Å². The van der Waals surface area contributed by atoms with E-state index in [2.05, 4.69) is 0 Å². The summed E-state index contributed by atoms with van der Waals surface area (Å²) in [4.78, 5) is 23.6. The molecule has 0 radical (unpaired) electrons. The van der Waals surface area contributed by atoms with Crippen molar-refractivity contribution in [2.24, 2.45) is 5.92 Å². The van der Waals surface area contributed by atoms with Crippen molar-refractivity contribution in [3.05, 3.63) is 34.9 Å². The number of amides is 1. The third-order valence-electron chi connectivity index (χ3n) is 3.45. The van der Waals surface area contributed by atoms with Crippen LogP contribution in [0, 0.1) is 5.92 Å². The molecule has 2 atom stereocenters. The number of benzene rings is 1. The van der Waals surface area contributed by atoms with Gasteiger partial charge in [-0.1, -0.05) is 23.7 Å². The highest BCUT2D eigenvalue weighted by molar-refractivity contribution is 6.30. The first-order chi connectivity index (χ1) is 8.99. The van der Waals surface area contributed by atoms with E-state index in [1.807, 2.05) is 0 Å². The summed E-state index contributed by atoms with van der Waals surface area (Å²) in [7, 11) is 0. The molecule has 1 aliphatic heterocycles. The molecular weight excluding hydrogens is 270 g/mol. The van der Waals surface area contributed by atoms with Crippen LogP contribution in [0.25, 0.3) is 0 Å². The number of nitrogens with zero attached hydrogens (tertiary/aromatic N) is 1. The zero-order chi connectivity index (χ0) is 14.0. The van der Waals surface area contributed by atoms with Crippen molar-refractivity contribution in [1.82, 2.24) is 4.90 Å². The normalized spacial score (nSPS) is 23.1. The Morgan fingerprint density at radius 2 is 1.84 bits per heavy atom. The van der Waals surface area contributed by atoms with Gasteiger partial charge in [-0.15, -0.1) is 0 Å². The highest BCUT2D eigenvalue weighted by Gasteiger charge is 2.35. The van der Waals surface area contributed by atoms with E-state index in [4.69, 9.17) is 16.7 Å². The van der Waals surface area contributed by atoms with Crippen molar-refractivity contribution in [1.29, 1.82) is 0 Å². The van der Waals surface area contributed by atoms with Gasteiger partial charge >= 0.3 is 12.1 Å². The maximum absolute atomic E-state index is 11.2. The molecule has 0 bridgehead atoms. The smallest absolute Gasteiger partial charge is 0.407 e. The molecule has 102 valence electrons. The number of likely N-dealkylation sites (tertiary alicyclic amines) is 1. The Balaban J connectivity index is 2.27. The Kier molecular flexibility index (Phi) is 3.95. The van der Waals surface area contributed by atoms with E-state index in [9.17, 15) is 14.7 Å². The highest BCUT2D eigenvalue weighted by atomic mass is 35.5. The lowest BCUT2D eigenvalue weighted by Gasteiger charge is -2.36. The van der Waals surface area contributed by atoms with Crippen molar-refractivity contribution < 1.29 is 19.8 Å². The van der Waals surface area contributed by atoms with Crippen molar-refractivity contribution >= 4 is 23.7 Å². The van der Waals surface area contributed by atoms with Crippen LogP contribution in [0.1, 0.15) is 24.4 Å². The third kappa shape index (κ3) is 2.98. The summed E-state index contributed by atoms with van der Waals surface area (Å²) < 4.78 is 0. The summed E-state index contributed by atoms with van der Waals surface area (Å²) in [6.45, 7) is 0.236. The van der Waals surface area contributed by atoms with Gasteiger partial charge in [0.1, 0.15) is 0 Å². The lowest BCUT2D eigenvalue weighted by atomic mass is 9.87. The first-order valence-electron chi connectivity index (χ1n) is 5.97. The molecule has 2 unspecified atom stereocenters. The van der Waals surface area contributed by atoms with Gasteiger partial charge in [0.05, 0.1) is 12.0 Å². The Morgan fingerprint density at radius 1 is 1.21 bits per heavy atom. The molecule has 1 heterocycles. The zero-order valence-electron chi connectivity index (χ0n) is 10.1. The molecule has 0 aromatic heterocycles. The molecule has 1 saturated heterocycles. The number of halogens is 1. The highest BCUT2D eigenvalue weighted by Crippen LogP contribution is 2.34. The Labute approximate surface area is 115 Å². The van der Waals surface area contributed by atoms with E-state index in [-0.39, 0.29) is 6.54 Å². The molecule has 0 aliphatic carbocycles. The summed E-state index contributed by atoms with van der Waals surface area (Å²) >= 11 is 5.80. The second-order valence-electron chi connectivity index (χ2n) is 4.60. The molecule has 0 spiro atoms. The lowest BCUT2D eigenvalue weighted by Crippen LogP contribution is -2.41. The van der Waals surface area contributed by atoms with Crippen LogP contribution in [-0.4, -0.2) is 33.7 Å². The zero-order valence-corrected chi connectivity index (χ0v) is 10.9. The quantitative estimate of drug-likeness (QED) is 0.875. The fraction of sp³-hybridized carbons (Fsp3) is 0.385. The Hall–Kier alpha value is -1.75. The number of carboxylic acid groups (broad SMARTS) is 2. The number of hydrogen-bond donors (Lipinski definition) is 2. The minimum Gasteiger partial charge on any atom is -0.481 e. The number of hydrogen-bond acceptors (Lipinski definition) is 2. The fourth-order valence-electron chi connectivity index (χ4n) is 2.42. The topological polar surface area (TPSA) is 77.8 Å².